The lowest BCUT2D eigenvalue weighted by Crippen LogP contribution is -2.54. The molecule has 0 heterocycles. The Balaban J connectivity index is 1.69. The van der Waals surface area contributed by atoms with Crippen LogP contribution in [0.2, 0.25) is 0 Å². The van der Waals surface area contributed by atoms with Crippen molar-refractivity contribution < 1.29 is 0 Å². The number of fused-ring (bicyclic) bond motifs is 4. The average molecular weight is 226 g/mol. The molecule has 2 spiro atoms. The van der Waals surface area contributed by atoms with Crippen LogP contribution in [0.4, 0.5) is 0 Å². The first-order valence-corrected chi connectivity index (χ1v) is 8.33. The van der Waals surface area contributed by atoms with Gasteiger partial charge >= 0.3 is 0 Å². The van der Waals surface area contributed by atoms with Crippen LogP contribution < -0.4 is 0 Å². The third-order valence-corrected chi connectivity index (χ3v) is 9.74. The van der Waals surface area contributed by atoms with Crippen molar-refractivity contribution >= 4 is 0 Å². The molecule has 7 aliphatic rings. The van der Waals surface area contributed by atoms with Crippen molar-refractivity contribution in [2.45, 2.75) is 44.9 Å². The van der Waals surface area contributed by atoms with E-state index >= 15 is 0 Å². The fourth-order valence-corrected chi connectivity index (χ4v) is 10.3. The summed E-state index contributed by atoms with van der Waals surface area (Å²) in [6.45, 7) is 0. The van der Waals surface area contributed by atoms with Gasteiger partial charge in [0.2, 0.25) is 0 Å². The van der Waals surface area contributed by atoms with Crippen molar-refractivity contribution in [3.8, 4) is 0 Å². The Morgan fingerprint density at radius 2 is 1.53 bits per heavy atom. The molecule has 0 saturated heterocycles. The second-order valence-electron chi connectivity index (χ2n) is 9.23. The summed E-state index contributed by atoms with van der Waals surface area (Å²) in [5.41, 5.74) is 1.88. The Bertz CT molecular complexity index is 461. The van der Waals surface area contributed by atoms with Gasteiger partial charge in [-0.15, -0.1) is 0 Å². The van der Waals surface area contributed by atoms with E-state index in [1.54, 1.807) is 44.9 Å². The Kier molecular flexibility index (Phi) is 0.942. The lowest BCUT2D eigenvalue weighted by molar-refractivity contribution is -0.121. The second-order valence-corrected chi connectivity index (χ2v) is 9.23. The van der Waals surface area contributed by atoms with Gasteiger partial charge in [0, 0.05) is 0 Å². The zero-order valence-electron chi connectivity index (χ0n) is 10.6. The maximum atomic E-state index is 1.71. The molecule has 0 aromatic carbocycles. The largest absolute Gasteiger partial charge is 0.0467 e. The third kappa shape index (κ3) is 0.529. The fraction of sp³-hybridized carbons (Fsp3) is 1.00. The molecule has 17 heavy (non-hydrogen) atoms. The molecule has 10 atom stereocenters. The molecule has 0 aromatic heterocycles. The van der Waals surface area contributed by atoms with Crippen LogP contribution in [0, 0.1) is 58.2 Å². The van der Waals surface area contributed by atoms with E-state index in [2.05, 4.69) is 0 Å². The van der Waals surface area contributed by atoms with Crippen LogP contribution in [0.25, 0.3) is 0 Å². The highest BCUT2D eigenvalue weighted by Crippen LogP contribution is 2.90. The number of hydrogen-bond donors (Lipinski definition) is 0. The van der Waals surface area contributed by atoms with Crippen molar-refractivity contribution in [2.75, 3.05) is 0 Å². The fourth-order valence-electron chi connectivity index (χ4n) is 10.3. The van der Waals surface area contributed by atoms with Gasteiger partial charge in [0.25, 0.3) is 0 Å². The van der Waals surface area contributed by atoms with Crippen molar-refractivity contribution in [1.82, 2.24) is 0 Å². The molecule has 10 bridgehead atoms. The highest BCUT2D eigenvalue weighted by atomic mass is 14.9. The highest BCUT2D eigenvalue weighted by Gasteiger charge is 2.83. The molecule has 7 rings (SSSR count). The molecule has 7 saturated carbocycles. The molecule has 7 fully saturated rings. The van der Waals surface area contributed by atoms with E-state index in [0.29, 0.717) is 0 Å². The molecule has 0 N–H and O–H groups in total. The minimum atomic E-state index is 0.922. The quantitative estimate of drug-likeness (QED) is 0.590. The summed E-state index contributed by atoms with van der Waals surface area (Å²) < 4.78 is 0. The van der Waals surface area contributed by atoms with Crippen LogP contribution in [0.3, 0.4) is 0 Å². The van der Waals surface area contributed by atoms with Crippen LogP contribution in [0.5, 0.6) is 0 Å². The van der Waals surface area contributed by atoms with Gasteiger partial charge in [-0.1, -0.05) is 0 Å². The van der Waals surface area contributed by atoms with Gasteiger partial charge < -0.3 is 0 Å². The third-order valence-electron chi connectivity index (χ3n) is 9.74. The summed E-state index contributed by atoms with van der Waals surface area (Å²) in [5, 5.41) is 0. The van der Waals surface area contributed by atoms with E-state index in [-0.39, 0.29) is 0 Å². The standard InChI is InChI=1S/C17H22/c1-8-5-16-6-10(1)17-9-2-12(8)15(17)13(3-9)14(16)4-11(17)7-16/h8-15H,1-7H2. The molecule has 0 amide bonds. The zero-order chi connectivity index (χ0) is 10.6. The minimum Gasteiger partial charge on any atom is -0.0467 e. The van der Waals surface area contributed by atoms with Crippen molar-refractivity contribution in [3.05, 3.63) is 0 Å². The van der Waals surface area contributed by atoms with Crippen LogP contribution in [-0.4, -0.2) is 0 Å². The Hall–Kier alpha value is 0. The molecule has 0 radical (unpaired) electrons. The molecule has 0 aliphatic heterocycles. The first kappa shape index (κ1) is 8.23. The van der Waals surface area contributed by atoms with Gasteiger partial charge in [0.15, 0.2) is 0 Å². The average Bonchev–Trinajstić information content (AvgIpc) is 2.85. The molecular formula is C17H22. The topological polar surface area (TPSA) is 0 Å². The highest BCUT2D eigenvalue weighted by molar-refractivity contribution is 5.31. The summed E-state index contributed by atoms with van der Waals surface area (Å²) in [4.78, 5) is 0. The number of hydrogen-bond acceptors (Lipinski definition) is 0. The van der Waals surface area contributed by atoms with Crippen LogP contribution in [0.15, 0.2) is 0 Å². The smallest absolute Gasteiger partial charge is 0.0178 e. The molecule has 90 valence electrons. The summed E-state index contributed by atoms with van der Waals surface area (Å²) in [5.74, 6) is 9.88. The van der Waals surface area contributed by atoms with E-state index in [0.717, 1.165) is 10.8 Å². The van der Waals surface area contributed by atoms with Crippen LogP contribution >= 0.6 is 0 Å². The van der Waals surface area contributed by atoms with E-state index in [4.69, 9.17) is 0 Å². The van der Waals surface area contributed by atoms with E-state index in [1.807, 2.05) is 0 Å². The van der Waals surface area contributed by atoms with Crippen LogP contribution in [-0.2, 0) is 0 Å². The normalized spacial score (nSPS) is 83.3. The van der Waals surface area contributed by atoms with Crippen molar-refractivity contribution in [2.24, 2.45) is 58.2 Å². The summed E-state index contributed by atoms with van der Waals surface area (Å²) in [7, 11) is 0. The van der Waals surface area contributed by atoms with Gasteiger partial charge in [0.05, 0.1) is 0 Å². The Labute approximate surface area is 104 Å². The monoisotopic (exact) mass is 226 g/mol. The number of rotatable bonds is 0. The summed E-state index contributed by atoms with van der Waals surface area (Å²) in [6.07, 6.45) is 11.9. The Morgan fingerprint density at radius 1 is 0.706 bits per heavy atom. The molecule has 7 aliphatic carbocycles. The van der Waals surface area contributed by atoms with E-state index < -0.39 is 0 Å². The lowest BCUT2D eigenvalue weighted by atomic mass is 9.44. The van der Waals surface area contributed by atoms with E-state index in [1.165, 1.54) is 47.3 Å². The van der Waals surface area contributed by atoms with Gasteiger partial charge in [0.1, 0.15) is 0 Å². The molecular weight excluding hydrogens is 204 g/mol. The van der Waals surface area contributed by atoms with Crippen molar-refractivity contribution in [3.63, 3.8) is 0 Å². The SMILES string of the molecule is C1C2CC34CC1C15C6CC2C1C(C6)C3CC5C4. The summed E-state index contributed by atoms with van der Waals surface area (Å²) >= 11 is 0. The zero-order valence-corrected chi connectivity index (χ0v) is 10.6. The Morgan fingerprint density at radius 3 is 2.47 bits per heavy atom. The first-order chi connectivity index (χ1) is 8.33. The predicted octanol–water partition coefficient (Wildman–Crippen LogP) is 3.71. The first-order valence-electron chi connectivity index (χ1n) is 8.33. The predicted molar refractivity (Wildman–Crippen MR) is 65.1 cm³/mol. The molecule has 0 aromatic rings. The maximum absolute atomic E-state index is 1.71. The van der Waals surface area contributed by atoms with Crippen LogP contribution in [0.1, 0.15) is 44.9 Å². The molecule has 0 nitrogen and oxygen atoms in total. The van der Waals surface area contributed by atoms with Gasteiger partial charge in [-0.2, -0.15) is 0 Å². The van der Waals surface area contributed by atoms with Crippen molar-refractivity contribution in [1.29, 1.82) is 0 Å². The molecule has 10 unspecified atom stereocenters. The molecule has 0 heteroatoms. The second kappa shape index (κ2) is 1.95. The lowest BCUT2D eigenvalue weighted by Gasteiger charge is -2.60. The minimum absolute atomic E-state index is 0.922. The summed E-state index contributed by atoms with van der Waals surface area (Å²) in [6, 6.07) is 0. The van der Waals surface area contributed by atoms with Gasteiger partial charge in [-0.05, 0) is 103 Å². The van der Waals surface area contributed by atoms with Gasteiger partial charge in [-0.25, -0.2) is 0 Å². The van der Waals surface area contributed by atoms with E-state index in [9.17, 15) is 0 Å². The van der Waals surface area contributed by atoms with Gasteiger partial charge in [-0.3, -0.25) is 0 Å². The maximum Gasteiger partial charge on any atom is -0.0178 e.